The number of hydrogen-bond acceptors (Lipinski definition) is 8. The Hall–Kier alpha value is -3.83. The van der Waals surface area contributed by atoms with Gasteiger partial charge in [-0.05, 0) is 45.5 Å². The number of hydrogen-bond donors (Lipinski definition) is 2. The molecule has 0 aliphatic carbocycles. The van der Waals surface area contributed by atoms with Crippen molar-refractivity contribution < 1.29 is 13.5 Å². The Bertz CT molecular complexity index is 1550. The SMILES string of the molecule is CCN1CCN(Cc2cc(NC)c(Nc3ncc(F)c(-c4cc(F)c5nc(C)n(C(C)C)c5c4)n3)cc2OC)CC1. The fraction of sp³-hybridized carbons (Fsp3) is 0.433. The minimum Gasteiger partial charge on any atom is -0.496 e. The molecule has 1 fully saturated rings. The number of likely N-dealkylation sites (N-methyl/N-ethyl adjacent to an activating group) is 1. The number of piperazine rings is 1. The molecule has 1 aliphatic heterocycles. The molecule has 0 atom stereocenters. The van der Waals surface area contributed by atoms with Gasteiger partial charge in [-0.3, -0.25) is 4.90 Å². The van der Waals surface area contributed by atoms with Crippen LogP contribution in [0.5, 0.6) is 5.75 Å². The monoisotopic (exact) mass is 564 g/mol. The lowest BCUT2D eigenvalue weighted by Crippen LogP contribution is -2.45. The second-order valence-electron chi connectivity index (χ2n) is 10.6. The summed E-state index contributed by atoms with van der Waals surface area (Å²) >= 11 is 0. The van der Waals surface area contributed by atoms with E-state index in [-0.39, 0.29) is 23.2 Å². The van der Waals surface area contributed by atoms with Crippen molar-refractivity contribution in [1.29, 1.82) is 0 Å². The molecule has 5 rings (SSSR count). The molecular formula is C30H38F2N8O. The van der Waals surface area contributed by atoms with Gasteiger partial charge in [0.2, 0.25) is 5.95 Å². The first kappa shape index (κ1) is 28.7. The van der Waals surface area contributed by atoms with E-state index in [0.29, 0.717) is 22.6 Å². The van der Waals surface area contributed by atoms with Gasteiger partial charge in [0.25, 0.3) is 0 Å². The van der Waals surface area contributed by atoms with Gasteiger partial charge in [-0.25, -0.2) is 23.7 Å². The highest BCUT2D eigenvalue weighted by Crippen LogP contribution is 2.35. The quantitative estimate of drug-likeness (QED) is 0.272. The van der Waals surface area contributed by atoms with Crippen molar-refractivity contribution in [2.75, 3.05) is 57.5 Å². The molecule has 0 amide bonds. The smallest absolute Gasteiger partial charge is 0.227 e. The van der Waals surface area contributed by atoms with Crippen molar-refractivity contribution in [2.45, 2.75) is 40.3 Å². The minimum absolute atomic E-state index is 0.00160. The first-order chi connectivity index (χ1) is 19.7. The molecular weight excluding hydrogens is 526 g/mol. The fourth-order valence-electron chi connectivity index (χ4n) is 5.56. The number of halogens is 2. The minimum atomic E-state index is -0.647. The number of nitrogens with zero attached hydrogens (tertiary/aromatic N) is 6. The standard InChI is InChI=1S/C30H38F2N8O/c1-7-38-8-10-39(11-9-38)17-21-13-24(33-5)25(15-27(21)41-6)36-30-34-16-23(32)28(37-30)20-12-22(31)29-26(14-20)40(18(2)3)19(4)35-29/h12-16,18,33H,7-11,17H2,1-6H3,(H,34,36,37). The van der Waals surface area contributed by atoms with E-state index >= 15 is 8.78 Å². The molecule has 0 bridgehead atoms. The van der Waals surface area contributed by atoms with Crippen LogP contribution in [-0.2, 0) is 6.54 Å². The Morgan fingerprint density at radius 2 is 1.71 bits per heavy atom. The van der Waals surface area contributed by atoms with E-state index in [1.807, 2.05) is 38.5 Å². The Balaban J connectivity index is 1.45. The highest BCUT2D eigenvalue weighted by Gasteiger charge is 2.21. The molecule has 1 aliphatic rings. The first-order valence-corrected chi connectivity index (χ1v) is 14.0. The van der Waals surface area contributed by atoms with Crippen molar-refractivity contribution in [2.24, 2.45) is 0 Å². The molecule has 0 radical (unpaired) electrons. The summed E-state index contributed by atoms with van der Waals surface area (Å²) < 4.78 is 37.8. The largest absolute Gasteiger partial charge is 0.496 e. The van der Waals surface area contributed by atoms with Crippen LogP contribution in [0.2, 0.25) is 0 Å². The van der Waals surface area contributed by atoms with Crippen LogP contribution in [0.15, 0.2) is 30.5 Å². The van der Waals surface area contributed by atoms with Gasteiger partial charge in [0.05, 0.1) is 30.2 Å². The number of benzene rings is 2. The van der Waals surface area contributed by atoms with Crippen LogP contribution in [0.4, 0.5) is 26.1 Å². The number of nitrogens with one attached hydrogen (secondary N) is 2. The summed E-state index contributed by atoms with van der Waals surface area (Å²) in [6.07, 6.45) is 1.10. The average molecular weight is 565 g/mol. The van der Waals surface area contributed by atoms with E-state index in [2.05, 4.69) is 48.4 Å². The molecule has 2 aromatic heterocycles. The summed E-state index contributed by atoms with van der Waals surface area (Å²) in [5, 5.41) is 6.43. The second-order valence-corrected chi connectivity index (χ2v) is 10.6. The van der Waals surface area contributed by atoms with Crippen LogP contribution in [0, 0.1) is 18.6 Å². The number of rotatable bonds is 9. The van der Waals surface area contributed by atoms with Gasteiger partial charge in [0.1, 0.15) is 22.8 Å². The maximum atomic E-state index is 15.1. The maximum Gasteiger partial charge on any atom is 0.227 e. The number of aromatic nitrogens is 4. The number of imidazole rings is 1. The summed E-state index contributed by atoms with van der Waals surface area (Å²) in [4.78, 5) is 17.9. The molecule has 11 heteroatoms. The number of fused-ring (bicyclic) bond motifs is 1. The summed E-state index contributed by atoms with van der Waals surface area (Å²) in [5.74, 6) is 0.429. The lowest BCUT2D eigenvalue weighted by molar-refractivity contribution is 0.131. The predicted molar refractivity (Wildman–Crippen MR) is 159 cm³/mol. The molecule has 0 saturated carbocycles. The molecule has 2 aromatic carbocycles. The third-order valence-electron chi connectivity index (χ3n) is 7.70. The number of methoxy groups -OCH3 is 1. The van der Waals surface area contributed by atoms with Crippen molar-refractivity contribution in [1.82, 2.24) is 29.3 Å². The predicted octanol–water partition coefficient (Wildman–Crippen LogP) is 5.59. The van der Waals surface area contributed by atoms with Gasteiger partial charge in [-0.1, -0.05) is 6.92 Å². The van der Waals surface area contributed by atoms with Crippen LogP contribution >= 0.6 is 0 Å². The molecule has 0 unspecified atom stereocenters. The first-order valence-electron chi connectivity index (χ1n) is 14.0. The summed E-state index contributed by atoms with van der Waals surface area (Å²) in [6, 6.07) is 7.00. The zero-order chi connectivity index (χ0) is 29.3. The number of aryl methyl sites for hydroxylation is 1. The summed E-state index contributed by atoms with van der Waals surface area (Å²) in [6.45, 7) is 14.0. The van der Waals surface area contributed by atoms with Gasteiger partial charge in [0, 0.05) is 63.0 Å². The zero-order valence-corrected chi connectivity index (χ0v) is 24.6. The van der Waals surface area contributed by atoms with Gasteiger partial charge >= 0.3 is 0 Å². The number of anilines is 3. The van der Waals surface area contributed by atoms with E-state index in [1.54, 1.807) is 13.2 Å². The molecule has 2 N–H and O–H groups in total. The highest BCUT2D eigenvalue weighted by molar-refractivity contribution is 5.83. The van der Waals surface area contributed by atoms with Gasteiger partial charge in [-0.2, -0.15) is 0 Å². The van der Waals surface area contributed by atoms with E-state index < -0.39 is 11.6 Å². The molecule has 0 spiro atoms. The van der Waals surface area contributed by atoms with Gasteiger partial charge in [0.15, 0.2) is 11.6 Å². The van der Waals surface area contributed by atoms with Gasteiger partial charge in [-0.15, -0.1) is 0 Å². The Labute approximate surface area is 239 Å². The van der Waals surface area contributed by atoms with E-state index in [1.165, 1.54) is 6.07 Å². The zero-order valence-electron chi connectivity index (χ0n) is 24.6. The molecule has 1 saturated heterocycles. The molecule has 41 heavy (non-hydrogen) atoms. The molecule has 3 heterocycles. The van der Waals surface area contributed by atoms with E-state index in [9.17, 15) is 0 Å². The fourth-order valence-corrected chi connectivity index (χ4v) is 5.56. The van der Waals surface area contributed by atoms with Crippen molar-refractivity contribution >= 4 is 28.4 Å². The summed E-state index contributed by atoms with van der Waals surface area (Å²) in [7, 11) is 3.49. The molecule has 218 valence electrons. The van der Waals surface area contributed by atoms with Crippen LogP contribution in [0.3, 0.4) is 0 Å². The second kappa shape index (κ2) is 12.0. The van der Waals surface area contributed by atoms with Crippen LogP contribution < -0.4 is 15.4 Å². The van der Waals surface area contributed by atoms with Crippen LogP contribution in [-0.4, -0.2) is 76.2 Å². The van der Waals surface area contributed by atoms with Crippen molar-refractivity contribution in [3.8, 4) is 17.0 Å². The summed E-state index contributed by atoms with van der Waals surface area (Å²) in [5.41, 5.74) is 3.72. The topological polar surface area (TPSA) is 83.4 Å². The highest BCUT2D eigenvalue weighted by atomic mass is 19.1. The Kier molecular flexibility index (Phi) is 8.37. The lowest BCUT2D eigenvalue weighted by atomic mass is 10.1. The van der Waals surface area contributed by atoms with E-state index in [4.69, 9.17) is 4.74 Å². The molecule has 4 aromatic rings. The van der Waals surface area contributed by atoms with Crippen LogP contribution in [0.25, 0.3) is 22.3 Å². The van der Waals surface area contributed by atoms with Crippen molar-refractivity contribution in [3.63, 3.8) is 0 Å². The average Bonchev–Trinajstić information content (AvgIpc) is 3.31. The lowest BCUT2D eigenvalue weighted by Gasteiger charge is -2.34. The van der Waals surface area contributed by atoms with E-state index in [0.717, 1.165) is 62.5 Å². The number of ether oxygens (including phenoxy) is 1. The van der Waals surface area contributed by atoms with Crippen LogP contribution in [0.1, 0.15) is 38.2 Å². The van der Waals surface area contributed by atoms with Gasteiger partial charge < -0.3 is 24.8 Å². The maximum absolute atomic E-state index is 15.1. The molecule has 9 nitrogen and oxygen atoms in total. The normalized spacial score (nSPS) is 14.7. The van der Waals surface area contributed by atoms with Crippen molar-refractivity contribution in [3.05, 3.63) is 53.5 Å². The Morgan fingerprint density at radius 1 is 0.976 bits per heavy atom. The Morgan fingerprint density at radius 3 is 2.37 bits per heavy atom. The third kappa shape index (κ3) is 5.82. The third-order valence-corrected chi connectivity index (χ3v) is 7.70.